The second-order valence-electron chi connectivity index (χ2n) is 8.80. The average Bonchev–Trinajstić information content (AvgIpc) is 3.52. The summed E-state index contributed by atoms with van der Waals surface area (Å²) in [6, 6.07) is 11.8. The Hall–Kier alpha value is -4.38. The van der Waals surface area contributed by atoms with Gasteiger partial charge in [0.15, 0.2) is 6.20 Å². The minimum absolute atomic E-state index is 0.104. The van der Waals surface area contributed by atoms with Gasteiger partial charge < -0.3 is 15.6 Å². The predicted molar refractivity (Wildman–Crippen MR) is 131 cm³/mol. The molecule has 2 heterocycles. The summed E-state index contributed by atoms with van der Waals surface area (Å²) in [6.45, 7) is 0. The van der Waals surface area contributed by atoms with Gasteiger partial charge in [-0.3, -0.25) is 4.79 Å². The summed E-state index contributed by atoms with van der Waals surface area (Å²) in [5.74, 6) is -3.34. The van der Waals surface area contributed by atoms with E-state index in [1.807, 2.05) is 0 Å². The molecule has 1 saturated carbocycles. The van der Waals surface area contributed by atoms with Crippen LogP contribution in [0.4, 0.5) is 10.1 Å². The fourth-order valence-corrected chi connectivity index (χ4v) is 4.35. The molecule has 2 aromatic carbocycles. The van der Waals surface area contributed by atoms with Crippen LogP contribution in [0.5, 0.6) is 0 Å². The van der Waals surface area contributed by atoms with Crippen molar-refractivity contribution in [3.05, 3.63) is 88.4 Å². The summed E-state index contributed by atoms with van der Waals surface area (Å²) in [6.07, 6.45) is 5.16. The summed E-state index contributed by atoms with van der Waals surface area (Å²) in [5, 5.41) is 36.5. The maximum absolute atomic E-state index is 14.1. The normalized spacial score (nSPS) is 13.8. The molecule has 10 nitrogen and oxygen atoms in total. The van der Waals surface area contributed by atoms with Crippen molar-refractivity contribution in [3.8, 4) is 16.8 Å². The van der Waals surface area contributed by atoms with Crippen LogP contribution in [0.15, 0.2) is 61.1 Å². The second kappa shape index (κ2) is 9.94. The first kappa shape index (κ1) is 24.3. The van der Waals surface area contributed by atoms with E-state index in [4.69, 9.17) is 16.7 Å². The number of halogens is 2. The number of rotatable bonds is 8. The van der Waals surface area contributed by atoms with Gasteiger partial charge in [-0.05, 0) is 65.2 Å². The van der Waals surface area contributed by atoms with Gasteiger partial charge in [0.1, 0.15) is 18.1 Å². The van der Waals surface area contributed by atoms with E-state index >= 15 is 0 Å². The number of hydrogen-bond donors (Lipinski definition) is 2. The summed E-state index contributed by atoms with van der Waals surface area (Å²) in [7, 11) is 0. The number of tetrazole rings is 1. The SMILES string of the molecule is O=C(O)c1ccc(NC(=O)C(CC2CC2)c2ccc(-c3cc(Cl)ccc3-n3cnnn3)c[n+]2[O-])cc1F. The van der Waals surface area contributed by atoms with Crippen molar-refractivity contribution in [2.75, 3.05) is 5.32 Å². The van der Waals surface area contributed by atoms with Gasteiger partial charge in [-0.1, -0.05) is 24.4 Å². The number of anilines is 1. The van der Waals surface area contributed by atoms with Gasteiger partial charge in [0.05, 0.1) is 11.3 Å². The van der Waals surface area contributed by atoms with Crippen LogP contribution in [0, 0.1) is 16.9 Å². The highest BCUT2D eigenvalue weighted by molar-refractivity contribution is 6.31. The number of amides is 1. The van der Waals surface area contributed by atoms with E-state index in [0.717, 1.165) is 25.0 Å². The Morgan fingerprint density at radius 1 is 1.22 bits per heavy atom. The molecule has 1 aliphatic rings. The standard InChI is InChI=1S/C25H20ClFN6O4/c26-16-4-8-22(32-13-28-30-31-32)19(10-16)15-3-7-23(33(37)12-15)20(9-14-1-2-14)24(34)29-17-5-6-18(25(35)36)21(27)11-17/h3-8,10-14,20H,1-2,9H2,(H,29,34)(H,35,36). The molecule has 12 heteroatoms. The highest BCUT2D eigenvalue weighted by atomic mass is 35.5. The molecule has 1 unspecified atom stereocenters. The molecular weight excluding hydrogens is 503 g/mol. The zero-order chi connectivity index (χ0) is 26.1. The number of carboxylic acids is 1. The number of aromatic nitrogens is 5. The fourth-order valence-electron chi connectivity index (χ4n) is 4.18. The van der Waals surface area contributed by atoms with Crippen LogP contribution in [0.25, 0.3) is 16.8 Å². The zero-order valence-electron chi connectivity index (χ0n) is 19.2. The molecule has 0 bridgehead atoms. The lowest BCUT2D eigenvalue weighted by Crippen LogP contribution is -2.37. The summed E-state index contributed by atoms with van der Waals surface area (Å²) in [5.41, 5.74) is 1.62. The number of carbonyl (C=O) groups excluding carboxylic acids is 1. The first-order valence-electron chi connectivity index (χ1n) is 11.4. The van der Waals surface area contributed by atoms with E-state index in [-0.39, 0.29) is 11.4 Å². The summed E-state index contributed by atoms with van der Waals surface area (Å²) < 4.78 is 16.2. The summed E-state index contributed by atoms with van der Waals surface area (Å²) in [4.78, 5) is 24.3. The number of aromatic carboxylic acids is 1. The molecule has 0 saturated heterocycles. The van der Waals surface area contributed by atoms with Crippen molar-refractivity contribution in [3.63, 3.8) is 0 Å². The molecule has 0 aliphatic heterocycles. The Morgan fingerprint density at radius 3 is 2.68 bits per heavy atom. The average molecular weight is 523 g/mol. The predicted octanol–water partition coefficient (Wildman–Crippen LogP) is 3.98. The fraction of sp³-hybridized carbons (Fsp3) is 0.200. The van der Waals surface area contributed by atoms with E-state index < -0.39 is 29.2 Å². The van der Waals surface area contributed by atoms with Gasteiger partial charge in [-0.25, -0.2) is 9.18 Å². The minimum Gasteiger partial charge on any atom is -0.618 e. The van der Waals surface area contributed by atoms with Crippen molar-refractivity contribution in [1.29, 1.82) is 0 Å². The second-order valence-corrected chi connectivity index (χ2v) is 9.24. The van der Waals surface area contributed by atoms with Gasteiger partial charge in [0.2, 0.25) is 11.6 Å². The highest BCUT2D eigenvalue weighted by Crippen LogP contribution is 2.39. The Bertz CT molecular complexity index is 1490. The molecule has 2 aromatic heterocycles. The molecule has 188 valence electrons. The number of nitrogens with one attached hydrogen (secondary N) is 1. The van der Waals surface area contributed by atoms with Gasteiger partial charge in [0, 0.05) is 27.9 Å². The topological polar surface area (TPSA) is 137 Å². The van der Waals surface area contributed by atoms with Crippen molar-refractivity contribution in [1.82, 2.24) is 20.2 Å². The molecule has 1 atom stereocenters. The number of nitrogens with zero attached hydrogens (tertiary/aromatic N) is 5. The number of benzene rings is 2. The number of pyridine rings is 1. The maximum Gasteiger partial charge on any atom is 0.338 e. The monoisotopic (exact) mass is 522 g/mol. The molecule has 37 heavy (non-hydrogen) atoms. The highest BCUT2D eigenvalue weighted by Gasteiger charge is 2.35. The zero-order valence-corrected chi connectivity index (χ0v) is 20.0. The van der Waals surface area contributed by atoms with E-state index in [1.54, 1.807) is 30.3 Å². The van der Waals surface area contributed by atoms with Crippen LogP contribution < -0.4 is 10.0 Å². The Kier molecular flexibility index (Phi) is 6.53. The lowest BCUT2D eigenvalue weighted by molar-refractivity contribution is -0.614. The molecule has 4 aromatic rings. The van der Waals surface area contributed by atoms with Crippen molar-refractivity contribution >= 4 is 29.2 Å². The first-order valence-corrected chi connectivity index (χ1v) is 11.8. The van der Waals surface area contributed by atoms with E-state index in [1.165, 1.54) is 23.3 Å². The number of carbonyl (C=O) groups is 2. The van der Waals surface area contributed by atoms with Crippen LogP contribution in [0.2, 0.25) is 5.02 Å². The van der Waals surface area contributed by atoms with Crippen molar-refractivity contribution < 1.29 is 23.8 Å². The quantitative estimate of drug-likeness (QED) is 0.264. The van der Waals surface area contributed by atoms with Gasteiger partial charge in [0.25, 0.3) is 0 Å². The molecule has 2 N–H and O–H groups in total. The Morgan fingerprint density at radius 2 is 2.03 bits per heavy atom. The molecule has 0 spiro atoms. The van der Waals surface area contributed by atoms with Crippen molar-refractivity contribution in [2.24, 2.45) is 5.92 Å². The van der Waals surface area contributed by atoms with Gasteiger partial charge in [-0.2, -0.15) is 9.41 Å². The third kappa shape index (κ3) is 5.26. The maximum atomic E-state index is 14.1. The van der Waals surface area contributed by atoms with Crippen LogP contribution in [0.3, 0.4) is 0 Å². The molecule has 0 radical (unpaired) electrons. The molecule has 1 fully saturated rings. The smallest absolute Gasteiger partial charge is 0.338 e. The first-order chi connectivity index (χ1) is 17.8. The number of carboxylic acid groups (broad SMARTS) is 1. The molecule has 1 aliphatic carbocycles. The van der Waals surface area contributed by atoms with Crippen LogP contribution in [0.1, 0.15) is 41.2 Å². The van der Waals surface area contributed by atoms with Crippen LogP contribution in [-0.4, -0.2) is 37.2 Å². The summed E-state index contributed by atoms with van der Waals surface area (Å²) >= 11 is 6.21. The largest absolute Gasteiger partial charge is 0.618 e. The van der Waals surface area contributed by atoms with Crippen molar-refractivity contribution in [2.45, 2.75) is 25.2 Å². The lowest BCUT2D eigenvalue weighted by atomic mass is 9.95. The number of hydrogen-bond acceptors (Lipinski definition) is 6. The minimum atomic E-state index is -1.41. The molecular formula is C25H20ClFN6O4. The molecule has 1 amide bonds. The third-order valence-corrected chi connectivity index (χ3v) is 6.45. The lowest BCUT2D eigenvalue weighted by Gasteiger charge is -2.17. The van der Waals surface area contributed by atoms with E-state index in [9.17, 15) is 19.2 Å². The van der Waals surface area contributed by atoms with Crippen LogP contribution >= 0.6 is 11.6 Å². The third-order valence-electron chi connectivity index (χ3n) is 6.22. The van der Waals surface area contributed by atoms with E-state index in [2.05, 4.69) is 20.8 Å². The Labute approximate surface area is 214 Å². The van der Waals surface area contributed by atoms with Gasteiger partial charge >= 0.3 is 5.97 Å². The Balaban J connectivity index is 1.46. The van der Waals surface area contributed by atoms with Crippen LogP contribution in [-0.2, 0) is 4.79 Å². The molecule has 5 rings (SSSR count). The van der Waals surface area contributed by atoms with Gasteiger partial charge in [-0.15, -0.1) is 5.10 Å². The van der Waals surface area contributed by atoms with E-state index in [0.29, 0.717) is 38.9 Å².